The van der Waals surface area contributed by atoms with Crippen LogP contribution in [-0.4, -0.2) is 27.4 Å². The number of nitrogens with zero attached hydrogens (tertiary/aromatic N) is 3. The number of rotatable bonds is 4. The number of hydrogen-bond acceptors (Lipinski definition) is 4. The molecule has 6 nitrogen and oxygen atoms in total. The summed E-state index contributed by atoms with van der Waals surface area (Å²) in [6, 6.07) is -0.510. The molecule has 2 heterocycles. The summed E-state index contributed by atoms with van der Waals surface area (Å²) in [6.45, 7) is 5.58. The van der Waals surface area contributed by atoms with Gasteiger partial charge in [0.25, 0.3) is 5.91 Å². The second kappa shape index (κ2) is 4.97. The van der Waals surface area contributed by atoms with Crippen molar-refractivity contribution in [3.05, 3.63) is 30.3 Å². The first kappa shape index (κ1) is 13.5. The summed E-state index contributed by atoms with van der Waals surface area (Å²) in [6.07, 6.45) is 5.36. The SMILES string of the molecule is C=C[C@]1(CCC)NC(=O)N(c2cnc(Cl)nc2)C1=O. The van der Waals surface area contributed by atoms with Crippen LogP contribution in [0.3, 0.4) is 0 Å². The Bertz CT molecular complexity index is 531. The van der Waals surface area contributed by atoms with E-state index in [1.54, 1.807) is 0 Å². The van der Waals surface area contributed by atoms with Crippen LogP contribution in [0.2, 0.25) is 5.28 Å². The summed E-state index contributed by atoms with van der Waals surface area (Å²) >= 11 is 5.58. The van der Waals surface area contributed by atoms with Gasteiger partial charge in [-0.1, -0.05) is 19.4 Å². The Labute approximate surface area is 115 Å². The molecule has 0 radical (unpaired) electrons. The molecule has 1 aliphatic heterocycles. The van der Waals surface area contributed by atoms with Gasteiger partial charge in [-0.2, -0.15) is 0 Å². The van der Waals surface area contributed by atoms with Gasteiger partial charge in [-0.05, 0) is 18.0 Å². The maximum absolute atomic E-state index is 12.4. The minimum absolute atomic E-state index is 0.0550. The third-order valence-electron chi connectivity index (χ3n) is 2.98. The van der Waals surface area contributed by atoms with Crippen LogP contribution in [0.1, 0.15) is 19.8 Å². The number of carbonyl (C=O) groups excluding carboxylic acids is 2. The van der Waals surface area contributed by atoms with Crippen molar-refractivity contribution in [3.8, 4) is 0 Å². The standard InChI is InChI=1S/C12H13ClN4O2/c1-3-5-12(4-2)9(18)17(11(19)16-12)8-6-14-10(13)15-7-8/h4,6-7H,2-3,5H2,1H3,(H,16,19)/t12-/m1/s1. The summed E-state index contributed by atoms with van der Waals surface area (Å²) in [5.41, 5.74) is -0.766. The predicted octanol–water partition coefficient (Wildman–Crippen LogP) is 1.91. The zero-order valence-corrected chi connectivity index (χ0v) is 11.1. The summed E-state index contributed by atoms with van der Waals surface area (Å²) < 4.78 is 0. The summed E-state index contributed by atoms with van der Waals surface area (Å²) in [5.74, 6) is -0.375. The van der Waals surface area contributed by atoms with E-state index in [1.165, 1.54) is 18.5 Å². The minimum atomic E-state index is -1.05. The van der Waals surface area contributed by atoms with Crippen LogP contribution in [0.5, 0.6) is 0 Å². The molecule has 2 rings (SSSR count). The van der Waals surface area contributed by atoms with E-state index < -0.39 is 11.6 Å². The highest BCUT2D eigenvalue weighted by atomic mass is 35.5. The lowest BCUT2D eigenvalue weighted by Crippen LogP contribution is -2.44. The van der Waals surface area contributed by atoms with Crippen molar-refractivity contribution in [3.63, 3.8) is 0 Å². The molecule has 1 saturated heterocycles. The van der Waals surface area contributed by atoms with Crippen LogP contribution in [0.4, 0.5) is 10.5 Å². The smallest absolute Gasteiger partial charge is 0.319 e. The number of nitrogens with one attached hydrogen (secondary N) is 1. The number of imide groups is 1. The van der Waals surface area contributed by atoms with E-state index in [9.17, 15) is 9.59 Å². The molecular formula is C12H13ClN4O2. The molecule has 0 aliphatic carbocycles. The van der Waals surface area contributed by atoms with Crippen LogP contribution in [0, 0.1) is 0 Å². The molecule has 0 bridgehead atoms. The Morgan fingerprint density at radius 2 is 2.11 bits per heavy atom. The number of anilines is 1. The van der Waals surface area contributed by atoms with E-state index in [0.29, 0.717) is 6.42 Å². The maximum Gasteiger partial charge on any atom is 0.330 e. The molecule has 7 heteroatoms. The fraction of sp³-hybridized carbons (Fsp3) is 0.333. The fourth-order valence-electron chi connectivity index (χ4n) is 2.05. The van der Waals surface area contributed by atoms with Gasteiger partial charge in [0.2, 0.25) is 5.28 Å². The molecule has 1 aromatic rings. The zero-order chi connectivity index (χ0) is 14.0. The third-order valence-corrected chi connectivity index (χ3v) is 3.17. The number of carbonyl (C=O) groups is 2. The lowest BCUT2D eigenvalue weighted by atomic mass is 9.94. The van der Waals surface area contributed by atoms with Gasteiger partial charge in [0.05, 0.1) is 18.1 Å². The van der Waals surface area contributed by atoms with Gasteiger partial charge in [0, 0.05) is 0 Å². The second-order valence-electron chi connectivity index (χ2n) is 4.21. The quantitative estimate of drug-likeness (QED) is 0.519. The molecule has 0 unspecified atom stereocenters. The molecular weight excluding hydrogens is 268 g/mol. The number of aromatic nitrogens is 2. The van der Waals surface area contributed by atoms with Crippen molar-refractivity contribution in [2.45, 2.75) is 25.3 Å². The summed E-state index contributed by atoms with van der Waals surface area (Å²) in [7, 11) is 0. The second-order valence-corrected chi connectivity index (χ2v) is 4.54. The van der Waals surface area contributed by atoms with Crippen LogP contribution >= 0.6 is 11.6 Å². The molecule has 1 aliphatic rings. The normalized spacial score (nSPS) is 22.5. The van der Waals surface area contributed by atoms with Gasteiger partial charge < -0.3 is 5.32 Å². The van der Waals surface area contributed by atoms with Crippen LogP contribution < -0.4 is 10.2 Å². The molecule has 3 amide bonds. The Morgan fingerprint density at radius 1 is 1.47 bits per heavy atom. The van der Waals surface area contributed by atoms with Gasteiger partial charge in [0.1, 0.15) is 5.54 Å². The lowest BCUT2D eigenvalue weighted by Gasteiger charge is -2.21. The molecule has 1 aromatic heterocycles. The van der Waals surface area contributed by atoms with E-state index in [2.05, 4.69) is 21.9 Å². The Kier molecular flexibility index (Phi) is 3.53. The molecule has 100 valence electrons. The van der Waals surface area contributed by atoms with Crippen molar-refractivity contribution in [1.29, 1.82) is 0 Å². The molecule has 0 spiro atoms. The number of urea groups is 1. The third kappa shape index (κ3) is 2.19. The van der Waals surface area contributed by atoms with Gasteiger partial charge in [0.15, 0.2) is 0 Å². The highest BCUT2D eigenvalue weighted by molar-refractivity contribution is 6.28. The summed E-state index contributed by atoms with van der Waals surface area (Å²) in [4.78, 5) is 32.9. The van der Waals surface area contributed by atoms with Crippen molar-refractivity contribution in [1.82, 2.24) is 15.3 Å². The van der Waals surface area contributed by atoms with Crippen molar-refractivity contribution in [2.24, 2.45) is 0 Å². The Hall–Kier alpha value is -1.95. The van der Waals surface area contributed by atoms with Gasteiger partial charge in [-0.25, -0.2) is 19.7 Å². The average Bonchev–Trinajstić information content (AvgIpc) is 2.64. The zero-order valence-electron chi connectivity index (χ0n) is 10.4. The average molecular weight is 281 g/mol. The van der Waals surface area contributed by atoms with Crippen LogP contribution in [-0.2, 0) is 4.79 Å². The largest absolute Gasteiger partial charge is 0.330 e. The fourth-order valence-corrected chi connectivity index (χ4v) is 2.15. The van der Waals surface area contributed by atoms with E-state index >= 15 is 0 Å². The molecule has 0 saturated carbocycles. The van der Waals surface area contributed by atoms with Crippen LogP contribution in [0.15, 0.2) is 25.0 Å². The van der Waals surface area contributed by atoms with Gasteiger partial charge >= 0.3 is 6.03 Å². The maximum atomic E-state index is 12.4. The van der Waals surface area contributed by atoms with Gasteiger partial charge in [-0.3, -0.25) is 4.79 Å². The molecule has 1 N–H and O–H groups in total. The highest BCUT2D eigenvalue weighted by Gasteiger charge is 2.49. The minimum Gasteiger partial charge on any atom is -0.319 e. The molecule has 1 atom stereocenters. The first-order valence-electron chi connectivity index (χ1n) is 5.82. The topological polar surface area (TPSA) is 75.2 Å². The van der Waals surface area contributed by atoms with Crippen molar-refractivity contribution >= 4 is 29.2 Å². The van der Waals surface area contributed by atoms with Crippen molar-refractivity contribution in [2.75, 3.05) is 4.90 Å². The first-order valence-corrected chi connectivity index (χ1v) is 6.19. The van der Waals surface area contributed by atoms with Crippen LogP contribution in [0.25, 0.3) is 0 Å². The Balaban J connectivity index is 2.38. The van der Waals surface area contributed by atoms with Crippen molar-refractivity contribution < 1.29 is 9.59 Å². The number of halogens is 1. The first-order chi connectivity index (χ1) is 9.04. The molecule has 0 aromatic carbocycles. The Morgan fingerprint density at radius 3 is 2.63 bits per heavy atom. The monoisotopic (exact) mass is 280 g/mol. The lowest BCUT2D eigenvalue weighted by molar-refractivity contribution is -0.120. The number of amides is 3. The number of hydrogen-bond donors (Lipinski definition) is 1. The van der Waals surface area contributed by atoms with E-state index in [0.717, 1.165) is 11.3 Å². The predicted molar refractivity (Wildman–Crippen MR) is 70.9 cm³/mol. The molecule has 1 fully saturated rings. The van der Waals surface area contributed by atoms with Gasteiger partial charge in [-0.15, -0.1) is 6.58 Å². The summed E-state index contributed by atoms with van der Waals surface area (Å²) in [5, 5.41) is 2.72. The van der Waals surface area contributed by atoms with E-state index in [4.69, 9.17) is 11.6 Å². The highest BCUT2D eigenvalue weighted by Crippen LogP contribution is 2.28. The van der Waals surface area contributed by atoms with E-state index in [-0.39, 0.29) is 16.9 Å². The van der Waals surface area contributed by atoms with E-state index in [1.807, 2.05) is 6.92 Å². The molecule has 19 heavy (non-hydrogen) atoms.